The van der Waals surface area contributed by atoms with Crippen LogP contribution in [0, 0.1) is 4.77 Å². The Morgan fingerprint density at radius 2 is 1.29 bits per heavy atom. The smallest absolute Gasteiger partial charge is 0.284 e. The number of aromatic nitrogens is 4. The molecule has 0 spiro atoms. The van der Waals surface area contributed by atoms with Crippen molar-refractivity contribution in [1.29, 1.82) is 0 Å². The molecule has 6 heteroatoms. The Morgan fingerprint density at radius 1 is 0.714 bits per heavy atom. The molecule has 0 aliphatic rings. The van der Waals surface area contributed by atoms with E-state index in [0.717, 1.165) is 39.1 Å². The van der Waals surface area contributed by atoms with E-state index in [4.69, 9.17) is 17.3 Å². The molecule has 0 saturated carbocycles. The lowest BCUT2D eigenvalue weighted by Gasteiger charge is -2.11. The molecule has 4 aromatic carbocycles. The number of para-hydroxylation sites is 3. The minimum atomic E-state index is -0.246. The number of nitrogens with one attached hydrogen (secondary N) is 1. The van der Waals surface area contributed by atoms with Crippen molar-refractivity contribution in [3.63, 3.8) is 0 Å². The summed E-state index contributed by atoms with van der Waals surface area (Å²) in [6, 6.07) is 37.2. The van der Waals surface area contributed by atoms with E-state index in [1.807, 2.05) is 115 Å². The number of nitrogens with zero attached hydrogens (tertiary/aromatic N) is 3. The Kier molecular flexibility index (Phi) is 5.20. The van der Waals surface area contributed by atoms with Crippen LogP contribution in [0.25, 0.3) is 39.1 Å². The van der Waals surface area contributed by atoms with Crippen molar-refractivity contribution in [2.45, 2.75) is 0 Å². The molecular weight excluding hydrogens is 452 g/mol. The number of rotatable bonds is 4. The van der Waals surface area contributed by atoms with Crippen LogP contribution in [-0.2, 0) is 0 Å². The average Bonchev–Trinajstić information content (AvgIpc) is 3.48. The summed E-state index contributed by atoms with van der Waals surface area (Å²) >= 11 is 5.61. The molecule has 6 aromatic rings. The van der Waals surface area contributed by atoms with Crippen LogP contribution in [0.1, 0.15) is 10.5 Å². The van der Waals surface area contributed by atoms with Gasteiger partial charge in [0.05, 0.1) is 16.7 Å². The highest BCUT2D eigenvalue weighted by Crippen LogP contribution is 2.36. The van der Waals surface area contributed by atoms with E-state index >= 15 is 0 Å². The van der Waals surface area contributed by atoms with Crippen LogP contribution >= 0.6 is 12.2 Å². The quantitative estimate of drug-likeness (QED) is 0.284. The molecule has 2 heterocycles. The molecule has 168 valence electrons. The number of fused-ring (bicyclic) bond motifs is 1. The van der Waals surface area contributed by atoms with E-state index in [2.05, 4.69) is 4.98 Å². The Bertz CT molecular complexity index is 1720. The standard InChI is InChI=1S/C29H20N4OS/c34-28(32-24-19-11-10-18-23(24)30-29(32)35)27-25(20-12-4-1-5-13-20)26(21-14-6-2-7-15-21)31-33(27)22-16-8-3-9-17-22/h1-19H,(H,30,35). The summed E-state index contributed by atoms with van der Waals surface area (Å²) in [5.74, 6) is -0.246. The van der Waals surface area contributed by atoms with E-state index in [9.17, 15) is 4.79 Å². The second kappa shape index (κ2) is 8.66. The molecule has 0 bridgehead atoms. The Balaban J connectivity index is 1.72. The Hall–Kier alpha value is -4.55. The molecule has 2 aromatic heterocycles. The first kappa shape index (κ1) is 21.0. The first-order valence-electron chi connectivity index (χ1n) is 11.3. The van der Waals surface area contributed by atoms with Gasteiger partial charge in [0.25, 0.3) is 5.91 Å². The summed E-state index contributed by atoms with van der Waals surface area (Å²) in [6.07, 6.45) is 0. The summed E-state index contributed by atoms with van der Waals surface area (Å²) in [5, 5.41) is 5.01. The van der Waals surface area contributed by atoms with Crippen LogP contribution in [0.3, 0.4) is 0 Å². The lowest BCUT2D eigenvalue weighted by Crippen LogP contribution is -2.18. The van der Waals surface area contributed by atoms with Crippen molar-refractivity contribution in [3.8, 4) is 28.1 Å². The maximum Gasteiger partial charge on any atom is 0.284 e. The van der Waals surface area contributed by atoms with Crippen LogP contribution in [0.5, 0.6) is 0 Å². The van der Waals surface area contributed by atoms with Gasteiger partial charge >= 0.3 is 0 Å². The number of hydrogen-bond donors (Lipinski definition) is 1. The number of benzene rings is 4. The molecule has 35 heavy (non-hydrogen) atoms. The highest BCUT2D eigenvalue weighted by atomic mass is 32.1. The van der Waals surface area contributed by atoms with Crippen molar-refractivity contribution >= 4 is 29.2 Å². The Labute approximate surface area is 206 Å². The van der Waals surface area contributed by atoms with Crippen LogP contribution in [0.4, 0.5) is 0 Å². The number of carbonyl (C=O) groups is 1. The highest BCUT2D eigenvalue weighted by Gasteiger charge is 2.28. The zero-order valence-corrected chi connectivity index (χ0v) is 19.4. The van der Waals surface area contributed by atoms with Crippen molar-refractivity contribution in [2.24, 2.45) is 0 Å². The molecule has 0 unspecified atom stereocenters. The third-order valence-electron chi connectivity index (χ3n) is 5.99. The molecule has 0 aliphatic heterocycles. The van der Waals surface area contributed by atoms with Gasteiger partial charge in [0.15, 0.2) is 4.77 Å². The van der Waals surface area contributed by atoms with Gasteiger partial charge in [-0.3, -0.25) is 4.79 Å². The molecule has 1 N–H and O–H groups in total. The lowest BCUT2D eigenvalue weighted by molar-refractivity contribution is 0.0956. The molecule has 5 nitrogen and oxygen atoms in total. The van der Waals surface area contributed by atoms with Crippen molar-refractivity contribution < 1.29 is 4.79 Å². The zero-order valence-electron chi connectivity index (χ0n) is 18.6. The molecule has 0 amide bonds. The second-order valence-corrected chi connectivity index (χ2v) is 8.53. The number of imidazole rings is 1. The van der Waals surface area contributed by atoms with E-state index in [-0.39, 0.29) is 5.91 Å². The number of carbonyl (C=O) groups excluding carboxylic acids is 1. The predicted octanol–water partition coefficient (Wildman–Crippen LogP) is 6.91. The maximum absolute atomic E-state index is 14.4. The van der Waals surface area contributed by atoms with E-state index in [1.165, 1.54) is 0 Å². The normalized spacial score (nSPS) is 11.1. The third kappa shape index (κ3) is 3.61. The van der Waals surface area contributed by atoms with E-state index in [1.54, 1.807) is 9.25 Å². The minimum absolute atomic E-state index is 0.246. The molecule has 0 fully saturated rings. The van der Waals surface area contributed by atoms with Gasteiger partial charge in [-0.15, -0.1) is 0 Å². The lowest BCUT2D eigenvalue weighted by atomic mass is 9.98. The fraction of sp³-hybridized carbons (Fsp3) is 0. The van der Waals surface area contributed by atoms with Crippen molar-refractivity contribution in [3.05, 3.63) is 126 Å². The topological polar surface area (TPSA) is 55.6 Å². The number of H-pyrrole nitrogens is 1. The SMILES string of the molecule is O=C(c1c(-c2ccccc2)c(-c2ccccc2)nn1-c1ccccc1)n1c(=S)[nH]c2ccccc21. The summed E-state index contributed by atoms with van der Waals surface area (Å²) < 4.78 is 3.64. The van der Waals surface area contributed by atoms with Crippen LogP contribution in [0.2, 0.25) is 0 Å². The molecule has 0 saturated heterocycles. The van der Waals surface area contributed by atoms with Gasteiger partial charge in [-0.2, -0.15) is 5.10 Å². The second-order valence-electron chi connectivity index (χ2n) is 8.14. The highest BCUT2D eigenvalue weighted by molar-refractivity contribution is 7.71. The summed E-state index contributed by atoms with van der Waals surface area (Å²) in [7, 11) is 0. The molecule has 0 radical (unpaired) electrons. The largest absolute Gasteiger partial charge is 0.330 e. The minimum Gasteiger partial charge on any atom is -0.330 e. The predicted molar refractivity (Wildman–Crippen MR) is 141 cm³/mol. The number of hydrogen-bond acceptors (Lipinski definition) is 3. The van der Waals surface area contributed by atoms with E-state index in [0.29, 0.717) is 10.5 Å². The Morgan fingerprint density at radius 3 is 1.97 bits per heavy atom. The van der Waals surface area contributed by atoms with Gasteiger partial charge in [0.2, 0.25) is 0 Å². The zero-order chi connectivity index (χ0) is 23.8. The fourth-order valence-electron chi connectivity index (χ4n) is 4.41. The van der Waals surface area contributed by atoms with Crippen molar-refractivity contribution in [1.82, 2.24) is 19.3 Å². The molecular formula is C29H20N4OS. The molecule has 0 atom stereocenters. The average molecular weight is 473 g/mol. The monoisotopic (exact) mass is 472 g/mol. The molecule has 6 rings (SSSR count). The van der Waals surface area contributed by atoms with Gasteiger partial charge in [-0.25, -0.2) is 9.25 Å². The summed E-state index contributed by atoms with van der Waals surface area (Å²) in [5.41, 5.74) is 6.10. The molecule has 0 aliphatic carbocycles. The van der Waals surface area contributed by atoms with Gasteiger partial charge in [0, 0.05) is 11.1 Å². The third-order valence-corrected chi connectivity index (χ3v) is 6.28. The van der Waals surface area contributed by atoms with Crippen LogP contribution < -0.4 is 0 Å². The van der Waals surface area contributed by atoms with Gasteiger partial charge in [0.1, 0.15) is 11.4 Å². The fourth-order valence-corrected chi connectivity index (χ4v) is 4.70. The summed E-state index contributed by atoms with van der Waals surface area (Å²) in [4.78, 5) is 17.6. The van der Waals surface area contributed by atoms with Gasteiger partial charge in [-0.1, -0.05) is 91.0 Å². The summed E-state index contributed by atoms with van der Waals surface area (Å²) in [6.45, 7) is 0. The van der Waals surface area contributed by atoms with Crippen LogP contribution in [-0.4, -0.2) is 25.2 Å². The van der Waals surface area contributed by atoms with Gasteiger partial charge < -0.3 is 4.98 Å². The van der Waals surface area contributed by atoms with Crippen LogP contribution in [0.15, 0.2) is 115 Å². The van der Waals surface area contributed by atoms with Gasteiger partial charge in [-0.05, 0) is 42.0 Å². The first-order valence-corrected chi connectivity index (χ1v) is 11.7. The first-order chi connectivity index (χ1) is 17.2. The van der Waals surface area contributed by atoms with E-state index < -0.39 is 0 Å². The van der Waals surface area contributed by atoms with Crippen molar-refractivity contribution in [2.75, 3.05) is 0 Å². The maximum atomic E-state index is 14.4. The number of aromatic amines is 1.